The molecule has 1 amide bonds. The first kappa shape index (κ1) is 13.6. The second kappa shape index (κ2) is 6.38. The van der Waals surface area contributed by atoms with Crippen LogP contribution in [0.1, 0.15) is 11.4 Å². The minimum absolute atomic E-state index is 0.0254. The number of imidazole rings is 1. The third-order valence-electron chi connectivity index (χ3n) is 2.45. The minimum Gasteiger partial charge on any atom is -0.483 e. The van der Waals surface area contributed by atoms with Gasteiger partial charge < -0.3 is 15.0 Å². The molecular formula is C13H14BrN3O2. The Morgan fingerprint density at radius 1 is 1.53 bits per heavy atom. The fourth-order valence-electron chi connectivity index (χ4n) is 1.49. The van der Waals surface area contributed by atoms with Crippen molar-refractivity contribution in [3.63, 3.8) is 0 Å². The molecule has 0 aliphatic carbocycles. The van der Waals surface area contributed by atoms with Crippen LogP contribution < -0.4 is 10.1 Å². The zero-order valence-electron chi connectivity index (χ0n) is 10.4. The summed E-state index contributed by atoms with van der Waals surface area (Å²) in [6.45, 7) is 2.33. The number of aromatic amines is 1. The average molecular weight is 324 g/mol. The summed E-state index contributed by atoms with van der Waals surface area (Å²) >= 11 is 3.40. The number of amides is 1. The molecule has 0 spiro atoms. The molecule has 0 fully saturated rings. The summed E-state index contributed by atoms with van der Waals surface area (Å²) in [5.41, 5.74) is 1.13. The summed E-state index contributed by atoms with van der Waals surface area (Å²) < 4.78 is 6.27. The predicted molar refractivity (Wildman–Crippen MR) is 74.8 cm³/mol. The molecule has 0 unspecified atom stereocenters. The van der Waals surface area contributed by atoms with E-state index in [2.05, 4.69) is 31.2 Å². The van der Waals surface area contributed by atoms with Crippen molar-refractivity contribution in [1.82, 2.24) is 15.3 Å². The molecule has 2 N–H and O–H groups in total. The Labute approximate surface area is 119 Å². The minimum atomic E-state index is -0.191. The van der Waals surface area contributed by atoms with Gasteiger partial charge in [0, 0.05) is 12.4 Å². The Balaban J connectivity index is 1.80. The van der Waals surface area contributed by atoms with Crippen LogP contribution in [0.5, 0.6) is 5.75 Å². The highest BCUT2D eigenvalue weighted by molar-refractivity contribution is 9.10. The normalized spacial score (nSPS) is 10.2. The number of hydrogen-bond acceptors (Lipinski definition) is 3. The van der Waals surface area contributed by atoms with Crippen molar-refractivity contribution in [2.45, 2.75) is 13.5 Å². The van der Waals surface area contributed by atoms with Crippen molar-refractivity contribution in [2.75, 3.05) is 6.61 Å². The molecule has 100 valence electrons. The molecule has 2 aromatic rings. The van der Waals surface area contributed by atoms with Crippen LogP contribution in [0, 0.1) is 6.92 Å². The molecule has 1 aromatic carbocycles. The van der Waals surface area contributed by atoms with Gasteiger partial charge in [0.05, 0.1) is 11.0 Å². The van der Waals surface area contributed by atoms with E-state index in [1.807, 2.05) is 25.1 Å². The number of ether oxygens (including phenoxy) is 1. The zero-order valence-corrected chi connectivity index (χ0v) is 12.0. The van der Waals surface area contributed by atoms with Crippen LogP contribution in [-0.4, -0.2) is 22.5 Å². The molecular weight excluding hydrogens is 310 g/mol. The number of nitrogens with zero attached hydrogens (tertiary/aromatic N) is 1. The lowest BCUT2D eigenvalue weighted by Gasteiger charge is -2.08. The molecule has 0 saturated carbocycles. The zero-order chi connectivity index (χ0) is 13.7. The number of halogens is 1. The molecule has 1 heterocycles. The lowest BCUT2D eigenvalue weighted by atomic mass is 10.2. The third kappa shape index (κ3) is 4.10. The predicted octanol–water partition coefficient (Wildman–Crippen LogP) is 2.18. The lowest BCUT2D eigenvalue weighted by molar-refractivity contribution is -0.123. The smallest absolute Gasteiger partial charge is 0.258 e. The summed E-state index contributed by atoms with van der Waals surface area (Å²) in [5.74, 6) is 1.17. The summed E-state index contributed by atoms with van der Waals surface area (Å²) in [6, 6.07) is 5.70. The maximum Gasteiger partial charge on any atom is 0.258 e. The van der Waals surface area contributed by atoms with Gasteiger partial charge >= 0.3 is 0 Å². The summed E-state index contributed by atoms with van der Waals surface area (Å²) in [5, 5.41) is 2.71. The van der Waals surface area contributed by atoms with Crippen molar-refractivity contribution in [3.8, 4) is 5.75 Å². The average Bonchev–Trinajstić information content (AvgIpc) is 2.88. The number of hydrogen-bond donors (Lipinski definition) is 2. The number of aryl methyl sites for hydroxylation is 1. The highest BCUT2D eigenvalue weighted by atomic mass is 79.9. The fourth-order valence-corrected chi connectivity index (χ4v) is 2.10. The van der Waals surface area contributed by atoms with Crippen LogP contribution in [0.25, 0.3) is 0 Å². The number of rotatable bonds is 5. The third-order valence-corrected chi connectivity index (χ3v) is 3.07. The molecule has 5 nitrogen and oxygen atoms in total. The van der Waals surface area contributed by atoms with E-state index in [1.54, 1.807) is 12.4 Å². The van der Waals surface area contributed by atoms with E-state index in [0.717, 1.165) is 10.0 Å². The summed E-state index contributed by atoms with van der Waals surface area (Å²) in [6.07, 6.45) is 3.35. The van der Waals surface area contributed by atoms with Gasteiger partial charge in [0.2, 0.25) is 0 Å². The van der Waals surface area contributed by atoms with Crippen LogP contribution in [-0.2, 0) is 11.3 Å². The highest BCUT2D eigenvalue weighted by Gasteiger charge is 2.06. The van der Waals surface area contributed by atoms with Gasteiger partial charge in [-0.3, -0.25) is 4.79 Å². The Hall–Kier alpha value is -1.82. The van der Waals surface area contributed by atoms with Gasteiger partial charge in [0.1, 0.15) is 11.6 Å². The molecule has 0 radical (unpaired) electrons. The second-order valence-electron chi connectivity index (χ2n) is 4.04. The Kier molecular flexibility index (Phi) is 4.57. The van der Waals surface area contributed by atoms with Gasteiger partial charge in [-0.2, -0.15) is 0 Å². The first-order valence-corrected chi connectivity index (χ1v) is 6.58. The number of nitrogens with one attached hydrogen (secondary N) is 2. The van der Waals surface area contributed by atoms with E-state index in [0.29, 0.717) is 18.1 Å². The van der Waals surface area contributed by atoms with Crippen molar-refractivity contribution < 1.29 is 9.53 Å². The molecule has 0 saturated heterocycles. The van der Waals surface area contributed by atoms with Crippen LogP contribution in [0.2, 0.25) is 0 Å². The number of H-pyrrole nitrogens is 1. The lowest BCUT2D eigenvalue weighted by Crippen LogP contribution is -2.28. The highest BCUT2D eigenvalue weighted by Crippen LogP contribution is 2.25. The molecule has 0 bridgehead atoms. The monoisotopic (exact) mass is 323 g/mol. The fraction of sp³-hybridized carbons (Fsp3) is 0.231. The Bertz CT molecular complexity index is 555. The van der Waals surface area contributed by atoms with E-state index in [9.17, 15) is 4.79 Å². The van der Waals surface area contributed by atoms with Crippen LogP contribution in [0.3, 0.4) is 0 Å². The molecule has 0 aliphatic rings. The van der Waals surface area contributed by atoms with Gasteiger partial charge in [0.25, 0.3) is 5.91 Å². The molecule has 2 rings (SSSR count). The van der Waals surface area contributed by atoms with E-state index < -0.39 is 0 Å². The second-order valence-corrected chi connectivity index (χ2v) is 4.89. The number of benzene rings is 1. The molecule has 19 heavy (non-hydrogen) atoms. The molecule has 0 aliphatic heterocycles. The number of carbonyl (C=O) groups is 1. The van der Waals surface area contributed by atoms with Crippen LogP contribution >= 0.6 is 15.9 Å². The molecule has 0 atom stereocenters. The van der Waals surface area contributed by atoms with Gasteiger partial charge in [-0.15, -0.1) is 0 Å². The van der Waals surface area contributed by atoms with Gasteiger partial charge in [-0.05, 0) is 40.5 Å². The largest absolute Gasteiger partial charge is 0.483 e. The Morgan fingerprint density at radius 3 is 3.05 bits per heavy atom. The summed E-state index contributed by atoms with van der Waals surface area (Å²) in [7, 11) is 0. The van der Waals surface area contributed by atoms with Gasteiger partial charge in [0.15, 0.2) is 6.61 Å². The quantitative estimate of drug-likeness (QED) is 0.886. The molecule has 6 heteroatoms. The van der Waals surface area contributed by atoms with Gasteiger partial charge in [-0.25, -0.2) is 4.98 Å². The maximum atomic E-state index is 11.6. The SMILES string of the molecule is Cc1ccc(OCC(=O)NCc2ncc[nH]2)c(Br)c1. The summed E-state index contributed by atoms with van der Waals surface area (Å²) in [4.78, 5) is 18.5. The standard InChI is InChI=1S/C13H14BrN3O2/c1-9-2-3-11(10(14)6-9)19-8-13(18)17-7-12-15-4-5-16-12/h2-6H,7-8H2,1H3,(H,15,16)(H,17,18). The number of aromatic nitrogens is 2. The Morgan fingerprint density at radius 2 is 2.37 bits per heavy atom. The van der Waals surface area contributed by atoms with E-state index in [4.69, 9.17) is 4.74 Å². The van der Waals surface area contributed by atoms with Crippen molar-refractivity contribution in [1.29, 1.82) is 0 Å². The first-order chi connectivity index (χ1) is 9.15. The number of carbonyl (C=O) groups excluding carboxylic acids is 1. The van der Waals surface area contributed by atoms with Crippen molar-refractivity contribution in [3.05, 3.63) is 46.5 Å². The van der Waals surface area contributed by atoms with Gasteiger partial charge in [-0.1, -0.05) is 6.07 Å². The van der Waals surface area contributed by atoms with Crippen molar-refractivity contribution >= 4 is 21.8 Å². The van der Waals surface area contributed by atoms with E-state index in [1.165, 1.54) is 0 Å². The van der Waals surface area contributed by atoms with Crippen molar-refractivity contribution in [2.24, 2.45) is 0 Å². The van der Waals surface area contributed by atoms with Crippen LogP contribution in [0.15, 0.2) is 35.1 Å². The van der Waals surface area contributed by atoms with E-state index in [-0.39, 0.29) is 12.5 Å². The van der Waals surface area contributed by atoms with Crippen LogP contribution in [0.4, 0.5) is 0 Å². The maximum absolute atomic E-state index is 11.6. The first-order valence-electron chi connectivity index (χ1n) is 5.79. The van der Waals surface area contributed by atoms with E-state index >= 15 is 0 Å². The topological polar surface area (TPSA) is 67.0 Å². The molecule has 1 aromatic heterocycles.